The van der Waals surface area contributed by atoms with E-state index in [2.05, 4.69) is 31.3 Å². The van der Waals surface area contributed by atoms with E-state index in [1.165, 1.54) is 21.6 Å². The van der Waals surface area contributed by atoms with Crippen LogP contribution in [0.1, 0.15) is 29.2 Å². The molecule has 1 heterocycles. The van der Waals surface area contributed by atoms with Crippen LogP contribution in [0.25, 0.3) is 0 Å². The number of rotatable bonds is 7. The van der Waals surface area contributed by atoms with Crippen LogP contribution in [0.3, 0.4) is 0 Å². The first-order valence-corrected chi connectivity index (χ1v) is 9.39. The highest BCUT2D eigenvalue weighted by atomic mass is 127. The van der Waals surface area contributed by atoms with Gasteiger partial charge in [-0.2, -0.15) is 0 Å². The number of methoxy groups -OCH3 is 4. The summed E-state index contributed by atoms with van der Waals surface area (Å²) in [6, 6.07) is 10.9. The van der Waals surface area contributed by atoms with Crippen molar-refractivity contribution in [2.24, 2.45) is 0 Å². The second kappa shape index (κ2) is 10.2. The van der Waals surface area contributed by atoms with E-state index in [-0.39, 0.29) is 24.0 Å². The molecule has 0 saturated carbocycles. The number of hydrogen-bond acceptors (Lipinski definition) is 4. The van der Waals surface area contributed by atoms with Crippen LogP contribution >= 0.6 is 0 Å². The van der Waals surface area contributed by atoms with Gasteiger partial charge in [0.25, 0.3) is 0 Å². The van der Waals surface area contributed by atoms with E-state index in [0.717, 1.165) is 48.8 Å². The van der Waals surface area contributed by atoms with Gasteiger partial charge in [-0.15, -0.1) is 0 Å². The highest BCUT2D eigenvalue weighted by Gasteiger charge is 2.29. The summed E-state index contributed by atoms with van der Waals surface area (Å²) in [5, 5.41) is 0. The predicted octanol–water partition coefficient (Wildman–Crippen LogP) is -0.530. The summed E-state index contributed by atoms with van der Waals surface area (Å²) >= 11 is 0. The lowest BCUT2D eigenvalue weighted by atomic mass is 9.89. The average molecular weight is 499 g/mol. The van der Waals surface area contributed by atoms with Gasteiger partial charge >= 0.3 is 0 Å². The number of ether oxygens (including phenoxy) is 4. The van der Waals surface area contributed by atoms with Crippen LogP contribution in [0, 0.1) is 0 Å². The van der Waals surface area contributed by atoms with Crippen LogP contribution in [0.4, 0.5) is 0 Å². The molecule has 1 N–H and O–H groups in total. The summed E-state index contributed by atoms with van der Waals surface area (Å²) in [4.78, 5) is 1.54. The van der Waals surface area contributed by atoms with Crippen molar-refractivity contribution in [1.82, 2.24) is 0 Å². The summed E-state index contributed by atoms with van der Waals surface area (Å²) in [6.45, 7) is 1.12. The standard InChI is InChI=1S/C22H29NO4.HI/c1-23-11-10-16-13-21(26-4)22(27-5)14-17(16)18(23)8-6-15-7-9-19(24-2)20(12-15)25-3;/h7,9,12-14,18H,6,8,10-11H2,1-5H3;1H. The zero-order valence-electron chi connectivity index (χ0n) is 17.3. The Morgan fingerprint density at radius 2 is 1.46 bits per heavy atom. The molecule has 5 nitrogen and oxygen atoms in total. The van der Waals surface area contributed by atoms with Crippen molar-refractivity contribution in [1.29, 1.82) is 0 Å². The highest BCUT2D eigenvalue weighted by Crippen LogP contribution is 2.35. The van der Waals surface area contributed by atoms with Gasteiger partial charge in [0.15, 0.2) is 23.0 Å². The topological polar surface area (TPSA) is 41.4 Å². The lowest BCUT2D eigenvalue weighted by molar-refractivity contribution is -0.915. The molecule has 154 valence electrons. The summed E-state index contributed by atoms with van der Waals surface area (Å²) in [7, 11) is 9.01. The summed E-state index contributed by atoms with van der Waals surface area (Å²) in [5.74, 6) is 3.17. The van der Waals surface area contributed by atoms with Crippen LogP contribution in [-0.2, 0) is 12.8 Å². The van der Waals surface area contributed by atoms with Crippen LogP contribution in [0.2, 0.25) is 0 Å². The molecule has 2 aromatic rings. The van der Waals surface area contributed by atoms with Gasteiger partial charge in [-0.05, 0) is 41.8 Å². The number of likely N-dealkylation sites (N-methyl/N-ethyl adjacent to an activating group) is 1. The number of quaternary nitrogens is 1. The second-order valence-corrected chi connectivity index (χ2v) is 7.03. The molecular weight excluding hydrogens is 469 g/mol. The number of benzene rings is 2. The van der Waals surface area contributed by atoms with Gasteiger partial charge in [0.1, 0.15) is 6.04 Å². The normalized spacial score (nSPS) is 17.9. The third-order valence-electron chi connectivity index (χ3n) is 5.57. The number of fused-ring (bicyclic) bond motifs is 1. The quantitative estimate of drug-likeness (QED) is 0.521. The fourth-order valence-corrected chi connectivity index (χ4v) is 4.00. The first-order valence-electron chi connectivity index (χ1n) is 9.39. The summed E-state index contributed by atoms with van der Waals surface area (Å²) < 4.78 is 21.8. The van der Waals surface area contributed by atoms with Gasteiger partial charge in [0, 0.05) is 18.4 Å². The third-order valence-corrected chi connectivity index (χ3v) is 5.57. The van der Waals surface area contributed by atoms with Crippen molar-refractivity contribution >= 4 is 0 Å². The largest absolute Gasteiger partial charge is 1.00 e. The van der Waals surface area contributed by atoms with Gasteiger partial charge < -0.3 is 47.8 Å². The fraction of sp³-hybridized carbons (Fsp3) is 0.455. The minimum atomic E-state index is 0. The Balaban J connectivity index is 0.00000280. The van der Waals surface area contributed by atoms with E-state index in [9.17, 15) is 0 Å². The van der Waals surface area contributed by atoms with Crippen molar-refractivity contribution in [2.75, 3.05) is 42.0 Å². The molecule has 0 fully saturated rings. The third kappa shape index (κ3) is 4.66. The molecule has 0 saturated heterocycles. The van der Waals surface area contributed by atoms with Gasteiger partial charge in [0.2, 0.25) is 0 Å². The summed E-state index contributed by atoms with van der Waals surface area (Å²) in [5.41, 5.74) is 4.00. The molecule has 6 heteroatoms. The highest BCUT2D eigenvalue weighted by molar-refractivity contribution is 5.49. The Hall–Kier alpha value is -1.67. The minimum absolute atomic E-state index is 0. The Kier molecular flexibility index (Phi) is 8.24. The average Bonchev–Trinajstić information content (AvgIpc) is 2.71. The maximum atomic E-state index is 5.54. The van der Waals surface area contributed by atoms with Crippen LogP contribution in [0.15, 0.2) is 30.3 Å². The van der Waals surface area contributed by atoms with Crippen molar-refractivity contribution < 1.29 is 47.8 Å². The smallest absolute Gasteiger partial charge is 0.161 e. The molecule has 0 radical (unpaired) electrons. The van der Waals surface area contributed by atoms with Crippen molar-refractivity contribution in [3.8, 4) is 23.0 Å². The number of nitrogens with one attached hydrogen (secondary N) is 1. The van der Waals surface area contributed by atoms with Crippen molar-refractivity contribution in [2.45, 2.75) is 25.3 Å². The number of halogens is 1. The van der Waals surface area contributed by atoms with Crippen LogP contribution in [-0.4, -0.2) is 42.0 Å². The SMILES string of the molecule is COc1ccc(CCC2c3cc(OC)c(OC)cc3CC[NH+]2C)cc1OC.[I-]. The molecule has 2 aromatic carbocycles. The van der Waals surface area contributed by atoms with Crippen molar-refractivity contribution in [3.05, 3.63) is 47.0 Å². The van der Waals surface area contributed by atoms with E-state index in [0.29, 0.717) is 6.04 Å². The maximum Gasteiger partial charge on any atom is 0.161 e. The van der Waals surface area contributed by atoms with E-state index < -0.39 is 0 Å². The monoisotopic (exact) mass is 499 g/mol. The lowest BCUT2D eigenvalue weighted by Gasteiger charge is -2.32. The van der Waals surface area contributed by atoms with E-state index in [1.807, 2.05) is 6.07 Å². The first kappa shape index (κ1) is 22.6. The molecule has 1 aliphatic rings. The van der Waals surface area contributed by atoms with Crippen LogP contribution < -0.4 is 47.8 Å². The molecule has 0 amide bonds. The Labute approximate surface area is 184 Å². The molecular formula is C22H30INO4. The second-order valence-electron chi connectivity index (χ2n) is 7.03. The predicted molar refractivity (Wildman–Crippen MR) is 106 cm³/mol. The first-order chi connectivity index (χ1) is 13.1. The molecule has 0 aliphatic carbocycles. The molecule has 0 bridgehead atoms. The zero-order valence-corrected chi connectivity index (χ0v) is 19.5. The Morgan fingerprint density at radius 1 is 0.857 bits per heavy atom. The van der Waals surface area contributed by atoms with Crippen LogP contribution in [0.5, 0.6) is 23.0 Å². The molecule has 2 atom stereocenters. The van der Waals surface area contributed by atoms with Gasteiger partial charge in [-0.25, -0.2) is 0 Å². The Bertz CT molecular complexity index is 796. The number of aryl methyl sites for hydroxylation is 1. The molecule has 0 spiro atoms. The molecule has 3 rings (SSSR count). The van der Waals surface area contributed by atoms with Crippen molar-refractivity contribution in [3.63, 3.8) is 0 Å². The molecule has 28 heavy (non-hydrogen) atoms. The maximum absolute atomic E-state index is 5.54. The molecule has 0 aromatic heterocycles. The lowest BCUT2D eigenvalue weighted by Crippen LogP contribution is -3.10. The van der Waals surface area contributed by atoms with Gasteiger partial charge in [-0.1, -0.05) is 6.07 Å². The minimum Gasteiger partial charge on any atom is -1.00 e. The zero-order chi connectivity index (χ0) is 19.4. The molecule has 2 unspecified atom stereocenters. The molecule has 1 aliphatic heterocycles. The van der Waals surface area contributed by atoms with E-state index >= 15 is 0 Å². The number of hydrogen-bond donors (Lipinski definition) is 1. The van der Waals surface area contributed by atoms with Gasteiger partial charge in [-0.3, -0.25) is 0 Å². The summed E-state index contributed by atoms with van der Waals surface area (Å²) in [6.07, 6.45) is 3.11. The fourth-order valence-electron chi connectivity index (χ4n) is 4.00. The van der Waals surface area contributed by atoms with E-state index in [4.69, 9.17) is 18.9 Å². The van der Waals surface area contributed by atoms with Gasteiger partial charge in [0.05, 0.1) is 42.0 Å². The van der Waals surface area contributed by atoms with E-state index in [1.54, 1.807) is 28.4 Å². The Morgan fingerprint density at radius 3 is 2.11 bits per heavy atom.